The molecule has 4 rings (SSSR count). The topological polar surface area (TPSA) is 168 Å². The third-order valence-electron chi connectivity index (χ3n) is 8.93. The van der Waals surface area contributed by atoms with Gasteiger partial charge in [-0.3, -0.25) is 24.0 Å². The highest BCUT2D eigenvalue weighted by atomic mass is 16.5. The standard InChI is InChI=1S/C33H48N4O7/c1-33(2,43)15-17-44-24-11-6-8-22(18-24)20-27(38)36-28(23-9-4-3-5-10-23)32(42)37-16-7-12-26(37)31(41)35-25(19-21-13-14-21)29(39)30(34)40/h6,8,11,18,21,23,25-26,28,43H,3-5,7,9-10,12-17,19-20H2,1-2H3,(H2,34,40)(H,35,41)(H,36,38)/t25?,26-,28?/m0/s1. The van der Waals surface area contributed by atoms with Gasteiger partial charge in [-0.2, -0.15) is 0 Å². The first-order valence-electron chi connectivity index (χ1n) is 16.1. The average molecular weight is 613 g/mol. The summed E-state index contributed by atoms with van der Waals surface area (Å²) in [5, 5.41) is 15.7. The van der Waals surface area contributed by atoms with Gasteiger partial charge in [-0.15, -0.1) is 0 Å². The van der Waals surface area contributed by atoms with Crippen LogP contribution in [-0.4, -0.2) is 76.3 Å². The third kappa shape index (κ3) is 9.77. The Morgan fingerprint density at radius 1 is 1.02 bits per heavy atom. The van der Waals surface area contributed by atoms with Crippen LogP contribution in [0.2, 0.25) is 0 Å². The number of ether oxygens (including phenoxy) is 1. The van der Waals surface area contributed by atoms with Crippen molar-refractivity contribution in [2.24, 2.45) is 17.6 Å². The number of Topliss-reactive ketones (excluding diaryl/α,β-unsaturated/α-hetero) is 1. The van der Waals surface area contributed by atoms with Crippen molar-refractivity contribution in [2.45, 2.75) is 115 Å². The predicted octanol–water partition coefficient (Wildman–Crippen LogP) is 2.16. The lowest BCUT2D eigenvalue weighted by Crippen LogP contribution is -2.58. The zero-order valence-corrected chi connectivity index (χ0v) is 26.0. The quantitative estimate of drug-likeness (QED) is 0.220. The summed E-state index contributed by atoms with van der Waals surface area (Å²) in [6.07, 6.45) is 8.44. The van der Waals surface area contributed by atoms with Crippen LogP contribution in [0.1, 0.15) is 90.0 Å². The number of likely N-dealkylation sites (tertiary alicyclic amines) is 1. The van der Waals surface area contributed by atoms with Gasteiger partial charge in [-0.25, -0.2) is 0 Å². The van der Waals surface area contributed by atoms with Crippen molar-refractivity contribution in [3.8, 4) is 5.75 Å². The van der Waals surface area contributed by atoms with E-state index in [0.717, 1.165) is 50.5 Å². The molecule has 44 heavy (non-hydrogen) atoms. The first-order chi connectivity index (χ1) is 20.9. The molecule has 2 unspecified atom stereocenters. The van der Waals surface area contributed by atoms with Crippen molar-refractivity contribution >= 4 is 29.4 Å². The molecule has 1 aromatic carbocycles. The Morgan fingerprint density at radius 2 is 1.75 bits per heavy atom. The smallest absolute Gasteiger partial charge is 0.287 e. The van der Waals surface area contributed by atoms with E-state index >= 15 is 0 Å². The normalized spacial score (nSPS) is 20.4. The summed E-state index contributed by atoms with van der Waals surface area (Å²) < 4.78 is 5.76. The molecule has 2 aliphatic carbocycles. The molecule has 5 N–H and O–H groups in total. The number of amides is 4. The number of rotatable bonds is 15. The lowest BCUT2D eigenvalue weighted by molar-refractivity contribution is -0.144. The summed E-state index contributed by atoms with van der Waals surface area (Å²) in [4.78, 5) is 66.4. The first-order valence-corrected chi connectivity index (χ1v) is 16.1. The van der Waals surface area contributed by atoms with Gasteiger partial charge in [-0.1, -0.05) is 44.2 Å². The lowest BCUT2D eigenvalue weighted by atomic mass is 9.83. The number of ketones is 1. The van der Waals surface area contributed by atoms with Crippen LogP contribution in [-0.2, 0) is 30.4 Å². The Hall–Kier alpha value is -3.47. The van der Waals surface area contributed by atoms with Gasteiger partial charge in [-0.05, 0) is 75.5 Å². The number of aliphatic hydroxyl groups is 1. The Labute approximate surface area is 259 Å². The van der Waals surface area contributed by atoms with Gasteiger partial charge < -0.3 is 31.1 Å². The second kappa shape index (κ2) is 15.0. The van der Waals surface area contributed by atoms with E-state index in [0.29, 0.717) is 44.6 Å². The molecule has 2 saturated carbocycles. The van der Waals surface area contributed by atoms with E-state index < -0.39 is 41.3 Å². The number of nitrogens with two attached hydrogens (primary N) is 1. The molecule has 11 nitrogen and oxygen atoms in total. The highest BCUT2D eigenvalue weighted by molar-refractivity contribution is 6.37. The minimum absolute atomic E-state index is 0.0416. The molecule has 0 bridgehead atoms. The van der Waals surface area contributed by atoms with Gasteiger partial charge in [0.25, 0.3) is 5.91 Å². The monoisotopic (exact) mass is 612 g/mol. The van der Waals surface area contributed by atoms with Crippen LogP contribution in [0.5, 0.6) is 5.75 Å². The zero-order chi connectivity index (χ0) is 31.9. The maximum Gasteiger partial charge on any atom is 0.287 e. The van der Waals surface area contributed by atoms with E-state index in [4.69, 9.17) is 10.5 Å². The Morgan fingerprint density at radius 3 is 2.41 bits per heavy atom. The number of hydrogen-bond donors (Lipinski definition) is 4. The summed E-state index contributed by atoms with van der Waals surface area (Å²) in [5.41, 5.74) is 5.14. The van der Waals surface area contributed by atoms with Crippen molar-refractivity contribution in [2.75, 3.05) is 13.2 Å². The van der Waals surface area contributed by atoms with Gasteiger partial charge in [0.1, 0.15) is 17.8 Å². The Kier molecular flexibility index (Phi) is 11.4. The summed E-state index contributed by atoms with van der Waals surface area (Å²) in [5.74, 6) is -2.12. The minimum Gasteiger partial charge on any atom is -0.493 e. The minimum atomic E-state index is -1.08. The summed E-state index contributed by atoms with van der Waals surface area (Å²) in [6, 6.07) is 4.67. The van der Waals surface area contributed by atoms with Gasteiger partial charge in [0.05, 0.1) is 24.7 Å². The molecule has 3 atom stereocenters. The fourth-order valence-corrected chi connectivity index (χ4v) is 6.26. The first kappa shape index (κ1) is 33.4. The van der Waals surface area contributed by atoms with Crippen LogP contribution < -0.4 is 21.1 Å². The fraction of sp³-hybridized carbons (Fsp3) is 0.667. The summed E-state index contributed by atoms with van der Waals surface area (Å²) >= 11 is 0. The van der Waals surface area contributed by atoms with Gasteiger partial charge >= 0.3 is 0 Å². The molecule has 1 heterocycles. The van der Waals surface area contributed by atoms with E-state index in [1.807, 2.05) is 6.07 Å². The number of nitrogens with one attached hydrogen (secondary N) is 2. The molecule has 11 heteroatoms. The van der Waals surface area contributed by atoms with E-state index in [-0.39, 0.29) is 30.1 Å². The molecule has 0 spiro atoms. The molecule has 1 aliphatic heterocycles. The molecule has 1 aromatic rings. The van der Waals surface area contributed by atoms with Crippen molar-refractivity contribution in [1.82, 2.24) is 15.5 Å². The lowest BCUT2D eigenvalue weighted by Gasteiger charge is -2.35. The van der Waals surface area contributed by atoms with Crippen LogP contribution in [0.25, 0.3) is 0 Å². The number of nitrogens with zero attached hydrogens (tertiary/aromatic N) is 1. The predicted molar refractivity (Wildman–Crippen MR) is 163 cm³/mol. The molecule has 242 valence electrons. The Bertz CT molecular complexity index is 1200. The summed E-state index contributed by atoms with van der Waals surface area (Å²) in [7, 11) is 0. The van der Waals surface area contributed by atoms with E-state index in [2.05, 4.69) is 10.6 Å². The second-order valence-corrected chi connectivity index (χ2v) is 13.3. The molecular weight excluding hydrogens is 564 g/mol. The van der Waals surface area contributed by atoms with Gasteiger partial charge in [0.2, 0.25) is 23.5 Å². The number of hydrogen-bond acceptors (Lipinski definition) is 7. The zero-order valence-electron chi connectivity index (χ0n) is 26.0. The van der Waals surface area contributed by atoms with Crippen LogP contribution >= 0.6 is 0 Å². The summed E-state index contributed by atoms with van der Waals surface area (Å²) in [6.45, 7) is 4.14. The highest BCUT2D eigenvalue weighted by Gasteiger charge is 2.42. The molecule has 0 radical (unpaired) electrons. The van der Waals surface area contributed by atoms with Crippen molar-refractivity contribution in [1.29, 1.82) is 0 Å². The van der Waals surface area contributed by atoms with E-state index in [1.165, 1.54) is 4.90 Å². The van der Waals surface area contributed by atoms with Gasteiger partial charge in [0.15, 0.2) is 0 Å². The number of carbonyl (C=O) groups is 5. The van der Waals surface area contributed by atoms with E-state index in [9.17, 15) is 29.1 Å². The van der Waals surface area contributed by atoms with Crippen molar-refractivity contribution in [3.63, 3.8) is 0 Å². The van der Waals surface area contributed by atoms with Crippen molar-refractivity contribution in [3.05, 3.63) is 29.8 Å². The highest BCUT2D eigenvalue weighted by Crippen LogP contribution is 2.34. The molecule has 4 amide bonds. The maximum absolute atomic E-state index is 14.1. The molecular formula is C33H48N4O7. The van der Waals surface area contributed by atoms with Crippen molar-refractivity contribution < 1.29 is 33.8 Å². The molecule has 0 aromatic heterocycles. The van der Waals surface area contributed by atoms with Crippen LogP contribution in [0.3, 0.4) is 0 Å². The molecule has 3 aliphatic rings. The van der Waals surface area contributed by atoms with Crippen LogP contribution in [0.15, 0.2) is 24.3 Å². The average Bonchev–Trinajstić information content (AvgIpc) is 3.65. The second-order valence-electron chi connectivity index (χ2n) is 13.3. The molecule has 1 saturated heterocycles. The number of primary amides is 1. The maximum atomic E-state index is 14.1. The SMILES string of the molecule is CC(C)(O)CCOc1cccc(CC(=O)NC(C(=O)N2CCC[C@H]2C(=O)NC(CC2CC2)C(=O)C(N)=O)C2CCCCC2)c1. The van der Waals surface area contributed by atoms with Crippen LogP contribution in [0, 0.1) is 11.8 Å². The number of benzene rings is 1. The number of carbonyl (C=O) groups excluding carboxylic acids is 5. The van der Waals surface area contributed by atoms with Gasteiger partial charge in [0, 0.05) is 13.0 Å². The fourth-order valence-electron chi connectivity index (χ4n) is 6.26. The van der Waals surface area contributed by atoms with Crippen LogP contribution in [0.4, 0.5) is 0 Å². The largest absolute Gasteiger partial charge is 0.493 e. The van der Waals surface area contributed by atoms with E-state index in [1.54, 1.807) is 32.0 Å². The third-order valence-corrected chi connectivity index (χ3v) is 8.93. The Balaban J connectivity index is 1.42. The molecule has 3 fully saturated rings.